The largest absolute Gasteiger partial charge is 0.325 e. The molecule has 1 aromatic heterocycles. The topological polar surface area (TPSA) is 42.0 Å². The molecule has 0 aliphatic carbocycles. The van der Waals surface area contributed by atoms with E-state index in [0.717, 1.165) is 27.4 Å². The fourth-order valence-corrected chi connectivity index (χ4v) is 2.57. The number of anilines is 1. The monoisotopic (exact) mass is 286 g/mol. The number of amides is 1. The molecule has 1 amide bonds. The number of thioether (sulfide) groups is 1. The predicted octanol–water partition coefficient (Wildman–Crippen LogP) is 3.74. The van der Waals surface area contributed by atoms with Crippen LogP contribution in [0, 0.1) is 20.8 Å². The first kappa shape index (κ1) is 14.6. The van der Waals surface area contributed by atoms with Gasteiger partial charge in [0.05, 0.1) is 10.8 Å². The van der Waals surface area contributed by atoms with Crippen LogP contribution in [0.3, 0.4) is 0 Å². The normalized spacial score (nSPS) is 10.3. The predicted molar refractivity (Wildman–Crippen MR) is 84.2 cm³/mol. The first-order valence-corrected chi connectivity index (χ1v) is 7.45. The minimum atomic E-state index is -0.0117. The summed E-state index contributed by atoms with van der Waals surface area (Å²) in [5.41, 5.74) is 4.26. The summed E-state index contributed by atoms with van der Waals surface area (Å²) < 4.78 is 0. The van der Waals surface area contributed by atoms with Gasteiger partial charge >= 0.3 is 0 Å². The van der Waals surface area contributed by atoms with Gasteiger partial charge in [-0.1, -0.05) is 23.9 Å². The van der Waals surface area contributed by atoms with Crippen molar-refractivity contribution in [2.75, 3.05) is 11.1 Å². The van der Waals surface area contributed by atoms with E-state index in [0.29, 0.717) is 5.75 Å². The lowest BCUT2D eigenvalue weighted by Gasteiger charge is -2.07. The van der Waals surface area contributed by atoms with Gasteiger partial charge in [-0.25, -0.2) is 4.98 Å². The third kappa shape index (κ3) is 4.38. The Labute approximate surface area is 123 Å². The zero-order chi connectivity index (χ0) is 14.5. The summed E-state index contributed by atoms with van der Waals surface area (Å²) in [6.07, 6.45) is 1.81. The smallest absolute Gasteiger partial charge is 0.234 e. The molecular formula is C16H18N2OS. The second kappa shape index (κ2) is 6.57. The molecule has 0 radical (unpaired) electrons. The minimum absolute atomic E-state index is 0.0117. The summed E-state index contributed by atoms with van der Waals surface area (Å²) >= 11 is 1.44. The molecule has 3 nitrogen and oxygen atoms in total. The Morgan fingerprint density at radius 3 is 2.40 bits per heavy atom. The van der Waals surface area contributed by atoms with Crippen LogP contribution in [0.5, 0.6) is 0 Å². The molecular weight excluding hydrogens is 268 g/mol. The molecule has 2 rings (SSSR count). The number of rotatable bonds is 4. The molecule has 0 saturated carbocycles. The Morgan fingerprint density at radius 1 is 1.10 bits per heavy atom. The molecule has 1 N–H and O–H groups in total. The summed E-state index contributed by atoms with van der Waals surface area (Å²) in [6.45, 7) is 6.04. The second-order valence-electron chi connectivity index (χ2n) is 4.89. The van der Waals surface area contributed by atoms with Crippen LogP contribution in [0.25, 0.3) is 0 Å². The van der Waals surface area contributed by atoms with Gasteiger partial charge in [-0.05, 0) is 55.7 Å². The van der Waals surface area contributed by atoms with Crippen LogP contribution in [0.1, 0.15) is 16.7 Å². The lowest BCUT2D eigenvalue weighted by molar-refractivity contribution is -0.113. The van der Waals surface area contributed by atoms with E-state index >= 15 is 0 Å². The van der Waals surface area contributed by atoms with Gasteiger partial charge in [-0.2, -0.15) is 0 Å². The van der Waals surface area contributed by atoms with Crippen molar-refractivity contribution in [2.24, 2.45) is 0 Å². The van der Waals surface area contributed by atoms with Gasteiger partial charge in [0.15, 0.2) is 0 Å². The SMILES string of the molecule is Cc1ccc(SCC(=O)Nc2cc(C)cc(C)c2)nc1. The number of aromatic nitrogens is 1. The van der Waals surface area contributed by atoms with Crippen molar-refractivity contribution in [1.82, 2.24) is 4.98 Å². The third-order valence-corrected chi connectivity index (χ3v) is 3.68. The van der Waals surface area contributed by atoms with Crippen LogP contribution in [-0.4, -0.2) is 16.6 Å². The maximum absolute atomic E-state index is 11.9. The number of carbonyl (C=O) groups excluding carboxylic acids is 1. The summed E-state index contributed by atoms with van der Waals surface area (Å²) in [5, 5.41) is 3.78. The summed E-state index contributed by atoms with van der Waals surface area (Å²) in [7, 11) is 0. The Hall–Kier alpha value is -1.81. The molecule has 104 valence electrons. The number of nitrogens with zero attached hydrogens (tertiary/aromatic N) is 1. The highest BCUT2D eigenvalue weighted by atomic mass is 32.2. The molecule has 0 bridgehead atoms. The number of hydrogen-bond acceptors (Lipinski definition) is 3. The average molecular weight is 286 g/mol. The van der Waals surface area contributed by atoms with Crippen molar-refractivity contribution < 1.29 is 4.79 Å². The Kier molecular flexibility index (Phi) is 4.79. The van der Waals surface area contributed by atoms with Crippen LogP contribution >= 0.6 is 11.8 Å². The van der Waals surface area contributed by atoms with Gasteiger partial charge in [0.25, 0.3) is 0 Å². The number of hydrogen-bond donors (Lipinski definition) is 1. The number of aryl methyl sites for hydroxylation is 3. The van der Waals surface area contributed by atoms with E-state index in [2.05, 4.69) is 16.4 Å². The number of benzene rings is 1. The summed E-state index contributed by atoms with van der Waals surface area (Å²) in [6, 6.07) is 9.96. The summed E-state index contributed by atoms with van der Waals surface area (Å²) in [4.78, 5) is 16.2. The first-order valence-electron chi connectivity index (χ1n) is 6.46. The molecule has 20 heavy (non-hydrogen) atoms. The molecule has 1 heterocycles. The fourth-order valence-electron chi connectivity index (χ4n) is 1.92. The number of carbonyl (C=O) groups is 1. The van der Waals surface area contributed by atoms with Crippen LogP contribution < -0.4 is 5.32 Å². The van der Waals surface area contributed by atoms with E-state index in [1.165, 1.54) is 11.8 Å². The zero-order valence-corrected chi connectivity index (χ0v) is 12.8. The van der Waals surface area contributed by atoms with E-state index in [-0.39, 0.29) is 5.91 Å². The maximum atomic E-state index is 11.9. The third-order valence-electron chi connectivity index (χ3n) is 2.74. The highest BCUT2D eigenvalue weighted by molar-refractivity contribution is 7.99. The minimum Gasteiger partial charge on any atom is -0.325 e. The lowest BCUT2D eigenvalue weighted by Crippen LogP contribution is -2.14. The van der Waals surface area contributed by atoms with Gasteiger partial charge in [-0.3, -0.25) is 4.79 Å². The van der Waals surface area contributed by atoms with E-state index < -0.39 is 0 Å². The van der Waals surface area contributed by atoms with Crippen molar-refractivity contribution in [3.8, 4) is 0 Å². The zero-order valence-electron chi connectivity index (χ0n) is 11.9. The molecule has 0 aliphatic heterocycles. The van der Waals surface area contributed by atoms with Crippen LogP contribution in [0.4, 0.5) is 5.69 Å². The molecule has 0 saturated heterocycles. The van der Waals surface area contributed by atoms with Crippen molar-refractivity contribution in [2.45, 2.75) is 25.8 Å². The lowest BCUT2D eigenvalue weighted by atomic mass is 10.1. The van der Waals surface area contributed by atoms with E-state index in [4.69, 9.17) is 0 Å². The van der Waals surface area contributed by atoms with Crippen molar-refractivity contribution in [1.29, 1.82) is 0 Å². The van der Waals surface area contributed by atoms with Crippen molar-refractivity contribution in [3.05, 3.63) is 53.2 Å². The van der Waals surface area contributed by atoms with Crippen LogP contribution in [-0.2, 0) is 4.79 Å². The van der Waals surface area contributed by atoms with Crippen molar-refractivity contribution >= 4 is 23.4 Å². The average Bonchev–Trinajstić information content (AvgIpc) is 2.37. The van der Waals surface area contributed by atoms with E-state index in [1.807, 2.05) is 51.2 Å². The first-order chi connectivity index (χ1) is 9.52. The van der Waals surface area contributed by atoms with Crippen LogP contribution in [0.2, 0.25) is 0 Å². The molecule has 0 spiro atoms. The highest BCUT2D eigenvalue weighted by Crippen LogP contribution is 2.17. The molecule has 4 heteroatoms. The number of nitrogens with one attached hydrogen (secondary N) is 1. The summed E-state index contributed by atoms with van der Waals surface area (Å²) in [5.74, 6) is 0.352. The maximum Gasteiger partial charge on any atom is 0.234 e. The van der Waals surface area contributed by atoms with Gasteiger partial charge in [0.2, 0.25) is 5.91 Å². The molecule has 0 atom stereocenters. The van der Waals surface area contributed by atoms with E-state index in [9.17, 15) is 4.79 Å². The Balaban J connectivity index is 1.90. The Morgan fingerprint density at radius 2 is 1.80 bits per heavy atom. The Bertz CT molecular complexity index is 588. The standard InChI is InChI=1S/C16H18N2OS/c1-11-4-5-16(17-9-11)20-10-15(19)18-14-7-12(2)6-13(3)8-14/h4-9H,10H2,1-3H3,(H,18,19). The van der Waals surface area contributed by atoms with Crippen LogP contribution in [0.15, 0.2) is 41.6 Å². The molecule has 0 unspecified atom stereocenters. The van der Waals surface area contributed by atoms with Gasteiger partial charge < -0.3 is 5.32 Å². The number of pyridine rings is 1. The fraction of sp³-hybridized carbons (Fsp3) is 0.250. The molecule has 0 fully saturated rings. The van der Waals surface area contributed by atoms with E-state index in [1.54, 1.807) is 0 Å². The van der Waals surface area contributed by atoms with Gasteiger partial charge in [-0.15, -0.1) is 0 Å². The van der Waals surface area contributed by atoms with Gasteiger partial charge in [0, 0.05) is 11.9 Å². The molecule has 0 aliphatic rings. The molecule has 1 aromatic carbocycles. The molecule has 2 aromatic rings. The second-order valence-corrected chi connectivity index (χ2v) is 5.88. The van der Waals surface area contributed by atoms with Gasteiger partial charge in [0.1, 0.15) is 0 Å². The van der Waals surface area contributed by atoms with Crippen molar-refractivity contribution in [3.63, 3.8) is 0 Å². The highest BCUT2D eigenvalue weighted by Gasteiger charge is 2.05. The quantitative estimate of drug-likeness (QED) is 0.871.